The van der Waals surface area contributed by atoms with Crippen LogP contribution < -0.4 is 10.5 Å². The Kier molecular flexibility index (Phi) is 4.78. The van der Waals surface area contributed by atoms with Gasteiger partial charge < -0.3 is 20.1 Å². The molecule has 0 fully saturated rings. The van der Waals surface area contributed by atoms with E-state index in [1.807, 2.05) is 0 Å². The molecular formula is C17H13F2N3O4. The lowest BCUT2D eigenvalue weighted by molar-refractivity contribution is -0.117. The van der Waals surface area contributed by atoms with E-state index < -0.39 is 29.5 Å². The first-order chi connectivity index (χ1) is 12.4. The fourth-order valence-corrected chi connectivity index (χ4v) is 2.20. The summed E-state index contributed by atoms with van der Waals surface area (Å²) in [6, 6.07) is 8.20. The molecular weight excluding hydrogens is 348 g/mol. The lowest BCUT2D eigenvalue weighted by Crippen LogP contribution is -2.16. The van der Waals surface area contributed by atoms with E-state index in [2.05, 4.69) is 10.1 Å². The van der Waals surface area contributed by atoms with Crippen molar-refractivity contribution in [1.29, 1.82) is 0 Å². The van der Waals surface area contributed by atoms with Gasteiger partial charge in [-0.15, -0.1) is 0 Å². The Bertz CT molecular complexity index is 942. The molecule has 0 aliphatic rings. The van der Waals surface area contributed by atoms with Crippen LogP contribution in [0, 0.1) is 11.6 Å². The van der Waals surface area contributed by atoms with Crippen molar-refractivity contribution in [3.63, 3.8) is 0 Å². The fourth-order valence-electron chi connectivity index (χ4n) is 2.20. The van der Waals surface area contributed by atoms with E-state index in [1.54, 1.807) is 12.1 Å². The first kappa shape index (κ1) is 17.3. The first-order valence-corrected chi connectivity index (χ1v) is 7.44. The number of nitrogens with two attached hydrogens (primary N) is 1. The third-order valence-electron chi connectivity index (χ3n) is 3.45. The molecule has 7 nitrogen and oxygen atoms in total. The number of aromatic nitrogens is 2. The smallest absolute Gasteiger partial charge is 0.264 e. The third kappa shape index (κ3) is 3.77. The van der Waals surface area contributed by atoms with Gasteiger partial charge >= 0.3 is 0 Å². The molecule has 0 saturated carbocycles. The maximum atomic E-state index is 14.2. The molecule has 0 atom stereocenters. The topological polar surface area (TPSA) is 111 Å². The van der Waals surface area contributed by atoms with Gasteiger partial charge in [0.2, 0.25) is 11.7 Å². The summed E-state index contributed by atoms with van der Waals surface area (Å²) in [6.45, 7) is -0.260. The van der Waals surface area contributed by atoms with E-state index in [9.17, 15) is 18.7 Å². The van der Waals surface area contributed by atoms with Crippen molar-refractivity contribution in [2.75, 3.05) is 0 Å². The quantitative estimate of drug-likeness (QED) is 0.697. The molecule has 0 radical (unpaired) electrons. The normalized spacial score (nSPS) is 10.7. The highest BCUT2D eigenvalue weighted by atomic mass is 19.1. The minimum absolute atomic E-state index is 0.0632. The zero-order valence-electron chi connectivity index (χ0n) is 13.3. The number of carbonyl (C=O) groups is 1. The van der Waals surface area contributed by atoms with Crippen molar-refractivity contribution < 1.29 is 27.9 Å². The molecule has 2 aromatic carbocycles. The van der Waals surface area contributed by atoms with Gasteiger partial charge in [-0.1, -0.05) is 5.16 Å². The molecule has 0 aliphatic carbocycles. The van der Waals surface area contributed by atoms with E-state index in [4.69, 9.17) is 15.0 Å². The van der Waals surface area contributed by atoms with E-state index in [1.165, 1.54) is 12.1 Å². The molecule has 1 heterocycles. The van der Waals surface area contributed by atoms with Gasteiger partial charge in [0.1, 0.15) is 11.6 Å². The zero-order chi connectivity index (χ0) is 18.7. The van der Waals surface area contributed by atoms with Gasteiger partial charge in [-0.2, -0.15) is 4.98 Å². The Morgan fingerprint density at radius 2 is 1.92 bits per heavy atom. The van der Waals surface area contributed by atoms with Crippen LogP contribution in [0.5, 0.6) is 11.5 Å². The lowest BCUT2D eigenvalue weighted by Gasteiger charge is -2.08. The maximum absolute atomic E-state index is 14.2. The maximum Gasteiger partial charge on any atom is 0.264 e. The number of hydrogen-bond donors (Lipinski definition) is 2. The number of carbonyl (C=O) groups excluding carboxylic acids is 1. The predicted molar refractivity (Wildman–Crippen MR) is 85.0 cm³/mol. The molecule has 0 bridgehead atoms. The summed E-state index contributed by atoms with van der Waals surface area (Å²) in [5, 5.41) is 13.0. The summed E-state index contributed by atoms with van der Waals surface area (Å²) in [5.41, 5.74) is 5.12. The second-order valence-corrected chi connectivity index (χ2v) is 5.33. The molecule has 0 unspecified atom stereocenters. The molecule has 3 aromatic rings. The van der Waals surface area contributed by atoms with Crippen LogP contribution in [0.4, 0.5) is 8.78 Å². The standard InChI is InChI=1S/C17H13F2N3O4/c18-12-5-6-13(16(19)11(12)7-14(20)24)25-8-15-21-17(22-26-15)9-1-3-10(23)4-2-9/h1-6,23H,7-8H2,(H2,20,24). The summed E-state index contributed by atoms with van der Waals surface area (Å²) in [6.07, 6.45) is -0.583. The molecule has 3 N–H and O–H groups in total. The highest BCUT2D eigenvalue weighted by Gasteiger charge is 2.17. The number of nitrogens with zero attached hydrogens (tertiary/aromatic N) is 2. The zero-order valence-corrected chi connectivity index (χ0v) is 13.3. The molecule has 9 heteroatoms. The average Bonchev–Trinajstić information content (AvgIpc) is 3.07. The Hall–Kier alpha value is -3.49. The Balaban J connectivity index is 1.74. The number of hydrogen-bond acceptors (Lipinski definition) is 6. The molecule has 1 amide bonds. The molecule has 0 saturated heterocycles. The highest BCUT2D eigenvalue weighted by molar-refractivity contribution is 5.76. The fraction of sp³-hybridized carbons (Fsp3) is 0.118. The van der Waals surface area contributed by atoms with Gasteiger partial charge in [0.05, 0.1) is 6.42 Å². The van der Waals surface area contributed by atoms with Crippen LogP contribution in [0.25, 0.3) is 11.4 Å². The van der Waals surface area contributed by atoms with Crippen molar-refractivity contribution in [3.8, 4) is 22.9 Å². The molecule has 1 aromatic heterocycles. The Morgan fingerprint density at radius 1 is 1.19 bits per heavy atom. The Labute approximate surface area is 146 Å². The van der Waals surface area contributed by atoms with E-state index in [0.29, 0.717) is 5.56 Å². The monoisotopic (exact) mass is 361 g/mol. The van der Waals surface area contributed by atoms with Crippen molar-refractivity contribution in [1.82, 2.24) is 10.1 Å². The van der Waals surface area contributed by atoms with Gasteiger partial charge in [-0.25, -0.2) is 8.78 Å². The second kappa shape index (κ2) is 7.18. The summed E-state index contributed by atoms with van der Waals surface area (Å²) >= 11 is 0. The minimum atomic E-state index is -1.01. The van der Waals surface area contributed by atoms with E-state index in [-0.39, 0.29) is 29.8 Å². The first-order valence-electron chi connectivity index (χ1n) is 7.44. The van der Waals surface area contributed by atoms with Gasteiger partial charge in [0, 0.05) is 11.1 Å². The molecule has 0 spiro atoms. The number of ether oxygens (including phenoxy) is 1. The SMILES string of the molecule is NC(=O)Cc1c(F)ccc(OCc2nc(-c3ccc(O)cc3)no2)c1F. The largest absolute Gasteiger partial charge is 0.508 e. The lowest BCUT2D eigenvalue weighted by atomic mass is 10.1. The second-order valence-electron chi connectivity index (χ2n) is 5.33. The van der Waals surface area contributed by atoms with Crippen molar-refractivity contribution in [3.05, 3.63) is 59.5 Å². The van der Waals surface area contributed by atoms with Crippen molar-refractivity contribution in [2.45, 2.75) is 13.0 Å². The predicted octanol–water partition coefficient (Wildman–Crippen LogP) is 2.33. The van der Waals surface area contributed by atoms with Gasteiger partial charge in [0.25, 0.3) is 5.89 Å². The minimum Gasteiger partial charge on any atom is -0.508 e. The van der Waals surface area contributed by atoms with Gasteiger partial charge in [-0.3, -0.25) is 4.79 Å². The van der Waals surface area contributed by atoms with E-state index >= 15 is 0 Å². The average molecular weight is 361 g/mol. The summed E-state index contributed by atoms with van der Waals surface area (Å²) in [7, 11) is 0. The van der Waals surface area contributed by atoms with Crippen LogP contribution >= 0.6 is 0 Å². The molecule has 0 aliphatic heterocycles. The molecule has 134 valence electrons. The molecule has 3 rings (SSSR count). The van der Waals surface area contributed by atoms with Crippen LogP contribution in [-0.2, 0) is 17.8 Å². The highest BCUT2D eigenvalue weighted by Crippen LogP contribution is 2.25. The number of rotatable bonds is 6. The third-order valence-corrected chi connectivity index (χ3v) is 3.45. The van der Waals surface area contributed by atoms with Crippen LogP contribution in [0.2, 0.25) is 0 Å². The van der Waals surface area contributed by atoms with Crippen LogP contribution in [0.3, 0.4) is 0 Å². The van der Waals surface area contributed by atoms with Crippen LogP contribution in [-0.4, -0.2) is 21.2 Å². The number of halogens is 2. The van der Waals surface area contributed by atoms with Crippen molar-refractivity contribution in [2.24, 2.45) is 5.73 Å². The van der Waals surface area contributed by atoms with Crippen molar-refractivity contribution >= 4 is 5.91 Å². The number of primary amides is 1. The number of aromatic hydroxyl groups is 1. The van der Waals surface area contributed by atoms with Gasteiger partial charge in [-0.05, 0) is 36.4 Å². The molecule has 26 heavy (non-hydrogen) atoms. The summed E-state index contributed by atoms with van der Waals surface area (Å²) in [4.78, 5) is 15.0. The van der Waals surface area contributed by atoms with Crippen LogP contribution in [0.1, 0.15) is 11.5 Å². The Morgan fingerprint density at radius 3 is 2.62 bits per heavy atom. The number of benzene rings is 2. The summed E-state index contributed by atoms with van der Waals surface area (Å²) in [5.74, 6) is -2.62. The number of phenolic OH excluding ortho intramolecular Hbond substituents is 1. The van der Waals surface area contributed by atoms with Crippen LogP contribution in [0.15, 0.2) is 40.9 Å². The summed E-state index contributed by atoms with van der Waals surface area (Å²) < 4.78 is 38.1. The number of phenols is 1. The number of amides is 1. The van der Waals surface area contributed by atoms with Gasteiger partial charge in [0.15, 0.2) is 18.2 Å². The van der Waals surface area contributed by atoms with E-state index in [0.717, 1.165) is 12.1 Å².